The standard InChI is InChI=1S/C23H9N5/c1-24-17-12-16-19(23(26-3)22(17)25-2)18-14-7-5-4-6-13(14)8-9-15(18)20-21(16)28-11-10-27-20/h4-12H. The van der Waals surface area contributed by atoms with Gasteiger partial charge in [0.2, 0.25) is 5.69 Å². The first-order chi connectivity index (χ1) is 13.8. The molecule has 0 fully saturated rings. The minimum atomic E-state index is 0.0926. The maximum Gasteiger partial charge on any atom is 0.201 e. The molecule has 0 N–H and O–H groups in total. The predicted molar refractivity (Wildman–Crippen MR) is 111 cm³/mol. The van der Waals surface area contributed by atoms with Gasteiger partial charge in [-0.3, -0.25) is 24.5 Å². The van der Waals surface area contributed by atoms with Crippen LogP contribution in [0.2, 0.25) is 0 Å². The van der Waals surface area contributed by atoms with E-state index < -0.39 is 0 Å². The fourth-order valence-corrected chi connectivity index (χ4v) is 3.86. The molecule has 0 amide bonds. The van der Waals surface area contributed by atoms with E-state index >= 15 is 0 Å². The largest absolute Gasteiger partial charge is 0.262 e. The van der Waals surface area contributed by atoms with Crippen molar-refractivity contribution in [3.63, 3.8) is 0 Å². The number of aromatic nitrogens is 2. The summed E-state index contributed by atoms with van der Waals surface area (Å²) in [6.07, 6.45) is 3.24. The van der Waals surface area contributed by atoms with Crippen LogP contribution in [0.25, 0.3) is 57.9 Å². The van der Waals surface area contributed by atoms with E-state index in [2.05, 4.69) is 24.5 Å². The van der Waals surface area contributed by atoms with Gasteiger partial charge in [-0.05, 0) is 26.9 Å². The number of hydrogen-bond donors (Lipinski definition) is 0. The summed E-state index contributed by atoms with van der Waals surface area (Å²) < 4.78 is 0. The first-order valence-electron chi connectivity index (χ1n) is 8.45. The van der Waals surface area contributed by atoms with Crippen LogP contribution in [0, 0.1) is 19.7 Å². The lowest BCUT2D eigenvalue weighted by Gasteiger charge is -2.14. The number of hydrogen-bond acceptors (Lipinski definition) is 2. The van der Waals surface area contributed by atoms with Crippen LogP contribution in [-0.4, -0.2) is 9.97 Å². The zero-order valence-electron chi connectivity index (χ0n) is 14.4. The highest BCUT2D eigenvalue weighted by molar-refractivity contribution is 6.34. The molecule has 0 aliphatic carbocycles. The average Bonchev–Trinajstić information content (AvgIpc) is 2.77. The maximum atomic E-state index is 7.78. The molecule has 0 radical (unpaired) electrons. The van der Waals surface area contributed by atoms with E-state index in [0.717, 1.165) is 27.1 Å². The third-order valence-corrected chi connectivity index (χ3v) is 4.99. The van der Waals surface area contributed by atoms with Crippen LogP contribution in [0.1, 0.15) is 0 Å². The highest BCUT2D eigenvalue weighted by Gasteiger charge is 2.21. The summed E-state index contributed by atoms with van der Waals surface area (Å²) in [5, 5.41) is 5.10. The van der Waals surface area contributed by atoms with Crippen LogP contribution in [-0.2, 0) is 0 Å². The molecule has 0 atom stereocenters. The van der Waals surface area contributed by atoms with Crippen molar-refractivity contribution >= 4 is 60.4 Å². The lowest BCUT2D eigenvalue weighted by Crippen LogP contribution is -1.90. The molecule has 126 valence electrons. The molecule has 4 aromatic carbocycles. The zero-order valence-corrected chi connectivity index (χ0v) is 14.4. The van der Waals surface area contributed by atoms with Crippen molar-refractivity contribution < 1.29 is 0 Å². The Labute approximate surface area is 159 Å². The van der Waals surface area contributed by atoms with Crippen molar-refractivity contribution in [3.8, 4) is 0 Å². The van der Waals surface area contributed by atoms with Crippen molar-refractivity contribution in [2.24, 2.45) is 0 Å². The van der Waals surface area contributed by atoms with E-state index in [1.54, 1.807) is 18.5 Å². The van der Waals surface area contributed by atoms with Crippen LogP contribution in [0.4, 0.5) is 17.1 Å². The van der Waals surface area contributed by atoms with Gasteiger partial charge < -0.3 is 0 Å². The second kappa shape index (κ2) is 5.74. The highest BCUT2D eigenvalue weighted by atomic mass is 14.8. The molecule has 0 saturated heterocycles. The van der Waals surface area contributed by atoms with Gasteiger partial charge in [0.25, 0.3) is 0 Å². The Kier molecular flexibility index (Phi) is 3.22. The van der Waals surface area contributed by atoms with E-state index in [0.29, 0.717) is 16.3 Å². The molecule has 1 heterocycles. The first-order valence-corrected chi connectivity index (χ1v) is 8.45. The molecule has 5 nitrogen and oxygen atoms in total. The van der Waals surface area contributed by atoms with Gasteiger partial charge in [0.15, 0.2) is 11.4 Å². The molecular weight excluding hydrogens is 346 g/mol. The predicted octanol–water partition coefficient (Wildman–Crippen LogP) is 6.74. The fourth-order valence-electron chi connectivity index (χ4n) is 3.86. The van der Waals surface area contributed by atoms with Gasteiger partial charge in [0.05, 0.1) is 30.7 Å². The minimum absolute atomic E-state index is 0.0926. The molecule has 0 saturated carbocycles. The second-order valence-electron chi connectivity index (χ2n) is 6.31. The van der Waals surface area contributed by atoms with E-state index in [-0.39, 0.29) is 17.1 Å². The molecule has 0 bridgehead atoms. The molecule has 0 spiro atoms. The van der Waals surface area contributed by atoms with Crippen LogP contribution in [0.3, 0.4) is 0 Å². The summed E-state index contributed by atoms with van der Waals surface area (Å²) >= 11 is 0. The Bertz CT molecular complexity index is 1590. The number of nitrogens with zero attached hydrogens (tertiary/aromatic N) is 5. The summed E-state index contributed by atoms with van der Waals surface area (Å²) in [6, 6.07) is 13.6. The minimum Gasteiger partial charge on any atom is -0.262 e. The summed E-state index contributed by atoms with van der Waals surface area (Å²) in [5.41, 5.74) is 1.81. The fraction of sp³-hybridized carbons (Fsp3) is 0. The lowest BCUT2D eigenvalue weighted by atomic mass is 9.93. The third-order valence-electron chi connectivity index (χ3n) is 4.99. The lowest BCUT2D eigenvalue weighted by molar-refractivity contribution is 1.31. The molecule has 0 aliphatic rings. The highest BCUT2D eigenvalue weighted by Crippen LogP contribution is 2.49. The molecule has 28 heavy (non-hydrogen) atoms. The van der Waals surface area contributed by atoms with E-state index in [4.69, 9.17) is 19.7 Å². The van der Waals surface area contributed by atoms with Gasteiger partial charge in [-0.25, -0.2) is 0 Å². The van der Waals surface area contributed by atoms with E-state index in [9.17, 15) is 0 Å². The molecule has 5 aromatic rings. The molecule has 5 rings (SSSR count). The van der Waals surface area contributed by atoms with Crippen molar-refractivity contribution in [1.29, 1.82) is 0 Å². The SMILES string of the molecule is [C-]#[N+]c1cc2c3nccnc3c3ccc4ccccc4c3c2c([N+]#[C-])c1[N+]#[C-]. The van der Waals surface area contributed by atoms with Gasteiger partial charge in [-0.2, -0.15) is 0 Å². The maximum absolute atomic E-state index is 7.78. The van der Waals surface area contributed by atoms with Gasteiger partial charge >= 0.3 is 0 Å². The number of rotatable bonds is 0. The number of benzene rings is 4. The van der Waals surface area contributed by atoms with Gasteiger partial charge in [0.1, 0.15) is 0 Å². The third kappa shape index (κ3) is 1.92. The van der Waals surface area contributed by atoms with Crippen LogP contribution >= 0.6 is 0 Å². The molecule has 0 unspecified atom stereocenters. The summed E-state index contributed by atoms with van der Waals surface area (Å²) in [7, 11) is 0. The monoisotopic (exact) mass is 355 g/mol. The van der Waals surface area contributed by atoms with Crippen LogP contribution < -0.4 is 0 Å². The molecule has 0 aliphatic heterocycles. The van der Waals surface area contributed by atoms with Crippen molar-refractivity contribution in [2.45, 2.75) is 0 Å². The Hall–Kier alpha value is -4.53. The van der Waals surface area contributed by atoms with E-state index in [1.807, 2.05) is 36.4 Å². The topological polar surface area (TPSA) is 38.9 Å². The van der Waals surface area contributed by atoms with Crippen molar-refractivity contribution in [1.82, 2.24) is 9.97 Å². The second-order valence-corrected chi connectivity index (χ2v) is 6.31. The van der Waals surface area contributed by atoms with Crippen molar-refractivity contribution in [2.75, 3.05) is 0 Å². The van der Waals surface area contributed by atoms with Gasteiger partial charge in [-0.1, -0.05) is 42.5 Å². The average molecular weight is 355 g/mol. The first kappa shape index (κ1) is 15.7. The Balaban J connectivity index is 2.27. The Morgan fingerprint density at radius 1 is 0.643 bits per heavy atom. The number of fused-ring (bicyclic) bond motifs is 8. The van der Waals surface area contributed by atoms with Crippen molar-refractivity contribution in [3.05, 3.63) is 89.1 Å². The summed E-state index contributed by atoms with van der Waals surface area (Å²) in [5.74, 6) is 0. The summed E-state index contributed by atoms with van der Waals surface area (Å²) in [6.45, 7) is 22.8. The zero-order chi connectivity index (χ0) is 19.3. The van der Waals surface area contributed by atoms with Crippen LogP contribution in [0.5, 0.6) is 0 Å². The van der Waals surface area contributed by atoms with Gasteiger partial charge in [-0.15, -0.1) is 0 Å². The molecule has 1 aromatic heterocycles. The smallest absolute Gasteiger partial charge is 0.201 e. The van der Waals surface area contributed by atoms with Crippen LogP contribution in [0.15, 0.2) is 54.9 Å². The Morgan fingerprint density at radius 3 is 2.07 bits per heavy atom. The normalized spacial score (nSPS) is 10.8. The quantitative estimate of drug-likeness (QED) is 0.228. The van der Waals surface area contributed by atoms with Gasteiger partial charge in [0, 0.05) is 17.8 Å². The summed E-state index contributed by atoms with van der Waals surface area (Å²) in [4.78, 5) is 19.7. The Morgan fingerprint density at radius 2 is 1.36 bits per heavy atom. The molecular formula is C23H9N5. The van der Waals surface area contributed by atoms with E-state index in [1.165, 1.54) is 0 Å². The molecule has 5 heteroatoms.